The van der Waals surface area contributed by atoms with E-state index in [1.54, 1.807) is 0 Å². The van der Waals surface area contributed by atoms with Gasteiger partial charge in [-0.15, -0.1) is 0 Å². The number of rotatable bonds is 5. The molecule has 0 amide bonds. The first kappa shape index (κ1) is 18.0. The first-order chi connectivity index (χ1) is 7.84. The van der Waals surface area contributed by atoms with Crippen LogP contribution in [0.4, 0.5) is 0 Å². The normalized spacial score (nSPS) is 18.8. The summed E-state index contributed by atoms with van der Waals surface area (Å²) in [4.78, 5) is 0. The van der Waals surface area contributed by atoms with E-state index in [0.29, 0.717) is 17.8 Å². The molecule has 0 spiro atoms. The lowest BCUT2D eigenvalue weighted by Crippen LogP contribution is -2.36. The van der Waals surface area contributed by atoms with E-state index in [2.05, 4.69) is 62.3 Å². The molecule has 0 heterocycles. The summed E-state index contributed by atoms with van der Waals surface area (Å²) in [5, 5.41) is 10.6. The smallest absolute Gasteiger partial charge is 0.0576 e. The van der Waals surface area contributed by atoms with Crippen molar-refractivity contribution in [2.45, 2.75) is 81.3 Å². The van der Waals surface area contributed by atoms with Gasteiger partial charge in [-0.25, -0.2) is 0 Å². The van der Waals surface area contributed by atoms with Crippen LogP contribution >= 0.6 is 0 Å². The Morgan fingerprint density at radius 3 is 1.61 bits per heavy atom. The van der Waals surface area contributed by atoms with Gasteiger partial charge in [0.15, 0.2) is 0 Å². The van der Waals surface area contributed by atoms with Crippen molar-refractivity contribution in [2.75, 3.05) is 0 Å². The number of aliphatic hydroxyl groups is 1. The Morgan fingerprint density at radius 2 is 1.33 bits per heavy atom. The second-order valence-corrected chi connectivity index (χ2v) is 8.76. The van der Waals surface area contributed by atoms with Crippen LogP contribution in [0.3, 0.4) is 0 Å². The van der Waals surface area contributed by atoms with Gasteiger partial charge in [0.05, 0.1) is 6.10 Å². The topological polar surface area (TPSA) is 20.2 Å². The summed E-state index contributed by atoms with van der Waals surface area (Å²) in [5.41, 5.74) is 0.448. The lowest BCUT2D eigenvalue weighted by Gasteiger charge is -2.39. The maximum Gasteiger partial charge on any atom is 0.0576 e. The predicted molar refractivity (Wildman–Crippen MR) is 81.6 cm³/mol. The fourth-order valence-corrected chi connectivity index (χ4v) is 2.50. The monoisotopic (exact) mass is 256 g/mol. The third kappa shape index (κ3) is 6.78. The molecule has 1 heteroatoms. The van der Waals surface area contributed by atoms with Crippen molar-refractivity contribution >= 4 is 0 Å². The van der Waals surface area contributed by atoms with Crippen LogP contribution in [0, 0.1) is 28.6 Å². The zero-order chi connectivity index (χ0) is 14.7. The molecule has 0 aliphatic carbocycles. The summed E-state index contributed by atoms with van der Waals surface area (Å²) in [6, 6.07) is 0. The molecule has 0 rings (SSSR count). The lowest BCUT2D eigenvalue weighted by atomic mass is 9.68. The van der Waals surface area contributed by atoms with Gasteiger partial charge in [-0.2, -0.15) is 0 Å². The van der Waals surface area contributed by atoms with E-state index in [1.165, 1.54) is 0 Å². The van der Waals surface area contributed by atoms with Gasteiger partial charge in [-0.1, -0.05) is 62.3 Å². The maximum absolute atomic E-state index is 10.6. The summed E-state index contributed by atoms with van der Waals surface area (Å²) in [5.74, 6) is 1.61. The average Bonchev–Trinajstić information content (AvgIpc) is 2.10. The summed E-state index contributed by atoms with van der Waals surface area (Å²) in [7, 11) is 0. The summed E-state index contributed by atoms with van der Waals surface area (Å²) >= 11 is 0. The van der Waals surface area contributed by atoms with Gasteiger partial charge in [0.2, 0.25) is 0 Å². The van der Waals surface area contributed by atoms with E-state index in [4.69, 9.17) is 0 Å². The Balaban J connectivity index is 4.77. The molecule has 0 aromatic carbocycles. The third-order valence-electron chi connectivity index (χ3n) is 4.16. The Bertz CT molecular complexity index is 229. The lowest BCUT2D eigenvalue weighted by molar-refractivity contribution is -0.0000712. The van der Waals surface area contributed by atoms with Gasteiger partial charge in [0.1, 0.15) is 0 Å². The summed E-state index contributed by atoms with van der Waals surface area (Å²) in [6.07, 6.45) is 1.83. The Labute approximate surface area is 115 Å². The largest absolute Gasteiger partial charge is 0.393 e. The van der Waals surface area contributed by atoms with E-state index in [1.807, 2.05) is 0 Å². The number of hydrogen-bond acceptors (Lipinski definition) is 1. The van der Waals surface area contributed by atoms with Crippen LogP contribution in [-0.4, -0.2) is 11.2 Å². The predicted octanol–water partition coefficient (Wildman–Crippen LogP) is 5.13. The molecule has 0 aromatic heterocycles. The van der Waals surface area contributed by atoms with E-state index >= 15 is 0 Å². The molecule has 0 saturated carbocycles. The van der Waals surface area contributed by atoms with Crippen molar-refractivity contribution in [3.8, 4) is 0 Å². The Kier molecular flexibility index (Phi) is 6.40. The van der Waals surface area contributed by atoms with Crippen LogP contribution in [0.2, 0.25) is 0 Å². The standard InChI is InChI=1S/C17H36O/c1-12(2)13(3)10-15(18)14(17(7,8)9)11-16(4,5)6/h12-15,18H,10-11H2,1-9H3. The number of aliphatic hydroxyl groups excluding tert-OH is 1. The molecule has 0 aliphatic heterocycles. The van der Waals surface area contributed by atoms with Crippen LogP contribution < -0.4 is 0 Å². The highest BCUT2D eigenvalue weighted by Gasteiger charge is 2.35. The van der Waals surface area contributed by atoms with Crippen molar-refractivity contribution in [3.05, 3.63) is 0 Å². The fourth-order valence-electron chi connectivity index (χ4n) is 2.50. The van der Waals surface area contributed by atoms with Gasteiger partial charge < -0.3 is 5.11 Å². The quantitative estimate of drug-likeness (QED) is 0.723. The summed E-state index contributed by atoms with van der Waals surface area (Å²) < 4.78 is 0. The van der Waals surface area contributed by atoms with Crippen molar-refractivity contribution in [3.63, 3.8) is 0 Å². The second kappa shape index (κ2) is 6.41. The van der Waals surface area contributed by atoms with E-state index in [-0.39, 0.29) is 16.9 Å². The van der Waals surface area contributed by atoms with Gasteiger partial charge in [-0.05, 0) is 41.4 Å². The molecule has 0 bridgehead atoms. The molecular formula is C17H36O. The first-order valence-corrected chi connectivity index (χ1v) is 7.52. The Morgan fingerprint density at radius 1 is 0.889 bits per heavy atom. The minimum atomic E-state index is -0.179. The molecule has 1 nitrogen and oxygen atoms in total. The molecule has 1 N–H and O–H groups in total. The van der Waals surface area contributed by atoms with Crippen molar-refractivity contribution in [2.24, 2.45) is 28.6 Å². The minimum absolute atomic E-state index is 0.170. The van der Waals surface area contributed by atoms with Gasteiger partial charge >= 0.3 is 0 Å². The van der Waals surface area contributed by atoms with Crippen LogP contribution in [0.15, 0.2) is 0 Å². The zero-order valence-electron chi connectivity index (χ0n) is 14.2. The molecule has 3 unspecified atom stereocenters. The Hall–Kier alpha value is -0.0400. The highest BCUT2D eigenvalue weighted by atomic mass is 16.3. The van der Waals surface area contributed by atoms with E-state index in [9.17, 15) is 5.11 Å². The molecule has 0 saturated heterocycles. The number of hydrogen-bond donors (Lipinski definition) is 1. The van der Waals surface area contributed by atoms with Crippen LogP contribution in [0.5, 0.6) is 0 Å². The van der Waals surface area contributed by atoms with Crippen molar-refractivity contribution < 1.29 is 5.11 Å². The zero-order valence-corrected chi connectivity index (χ0v) is 14.2. The van der Waals surface area contributed by atoms with Crippen LogP contribution in [0.25, 0.3) is 0 Å². The molecular weight excluding hydrogens is 220 g/mol. The maximum atomic E-state index is 10.6. The molecule has 110 valence electrons. The van der Waals surface area contributed by atoms with E-state index < -0.39 is 0 Å². The van der Waals surface area contributed by atoms with Gasteiger partial charge in [-0.3, -0.25) is 0 Å². The molecule has 18 heavy (non-hydrogen) atoms. The second-order valence-electron chi connectivity index (χ2n) is 8.76. The molecule has 0 fully saturated rings. The van der Waals surface area contributed by atoms with Crippen molar-refractivity contribution in [1.29, 1.82) is 0 Å². The highest BCUT2D eigenvalue weighted by Crippen LogP contribution is 2.40. The van der Waals surface area contributed by atoms with Crippen molar-refractivity contribution in [1.82, 2.24) is 0 Å². The van der Waals surface area contributed by atoms with Crippen LogP contribution in [-0.2, 0) is 0 Å². The first-order valence-electron chi connectivity index (χ1n) is 7.52. The third-order valence-corrected chi connectivity index (χ3v) is 4.16. The molecule has 3 atom stereocenters. The minimum Gasteiger partial charge on any atom is -0.393 e. The van der Waals surface area contributed by atoms with E-state index in [0.717, 1.165) is 12.8 Å². The van der Waals surface area contributed by atoms with Gasteiger partial charge in [0.25, 0.3) is 0 Å². The fraction of sp³-hybridized carbons (Fsp3) is 1.00. The van der Waals surface area contributed by atoms with Crippen LogP contribution in [0.1, 0.15) is 75.2 Å². The van der Waals surface area contributed by atoms with Gasteiger partial charge in [0, 0.05) is 0 Å². The molecule has 0 radical (unpaired) electrons. The highest BCUT2D eigenvalue weighted by molar-refractivity contribution is 4.85. The average molecular weight is 256 g/mol. The summed E-state index contributed by atoms with van der Waals surface area (Å²) in [6.45, 7) is 20.3. The molecule has 0 aromatic rings. The molecule has 0 aliphatic rings. The SMILES string of the molecule is CC(C)C(C)CC(O)C(CC(C)(C)C)C(C)(C)C.